The first-order valence-corrected chi connectivity index (χ1v) is 21.3. The van der Waals surface area contributed by atoms with Crippen molar-refractivity contribution >= 4 is 73.7 Å². The Morgan fingerprint density at radius 1 is 0.836 bits per heavy atom. The monoisotopic (exact) mass is 835 g/mol. The maximum atomic E-state index is 13.9. The van der Waals surface area contributed by atoms with Crippen molar-refractivity contribution in [1.82, 2.24) is 9.78 Å². The number of hydrogen-bond donors (Lipinski definition) is 3. The molecule has 3 N–H and O–H groups in total. The van der Waals surface area contributed by atoms with Crippen molar-refractivity contribution in [3.05, 3.63) is 101 Å². The number of rotatable bonds is 23. The quantitative estimate of drug-likeness (QED) is 0.0287. The number of H-pyrrole nitrogens is 1. The van der Waals surface area contributed by atoms with Crippen LogP contribution in [0.4, 0.5) is 22.9 Å². The predicted molar refractivity (Wildman–Crippen MR) is 220 cm³/mol. The summed E-state index contributed by atoms with van der Waals surface area (Å²) in [6.45, 7) is 4.16. The number of non-ortho nitro benzene ring substituents is 1. The molecule has 0 radical (unpaired) electrons. The molecule has 298 valence electrons. The van der Waals surface area contributed by atoms with Crippen LogP contribution in [-0.4, -0.2) is 35.7 Å². The highest BCUT2D eigenvalue weighted by molar-refractivity contribution is 7.92. The van der Waals surface area contributed by atoms with Crippen LogP contribution in [0.1, 0.15) is 113 Å². The second kappa shape index (κ2) is 21.3. The van der Waals surface area contributed by atoms with E-state index in [1.54, 1.807) is 13.0 Å². The number of nitrogens with zero attached hydrogens (tertiary/aromatic N) is 2. The molecule has 4 rings (SSSR count). The molecule has 1 aromatic heterocycles. The summed E-state index contributed by atoms with van der Waals surface area (Å²) in [5.74, 6) is -0.709. The summed E-state index contributed by atoms with van der Waals surface area (Å²) in [5.41, 5.74) is -0.568. The Kier molecular flexibility index (Phi) is 16.9. The summed E-state index contributed by atoms with van der Waals surface area (Å²) in [7, 11) is -4.46. The smallest absolute Gasteiger partial charge is 0.338 e. The van der Waals surface area contributed by atoms with E-state index in [-0.39, 0.29) is 50.0 Å². The minimum Gasteiger partial charge on any atom is -0.462 e. The summed E-state index contributed by atoms with van der Waals surface area (Å²) in [6, 6.07) is 11.6. The van der Waals surface area contributed by atoms with Crippen molar-refractivity contribution < 1.29 is 22.9 Å². The number of nitro benzene ring substituents is 1. The zero-order valence-corrected chi connectivity index (χ0v) is 34.2. The van der Waals surface area contributed by atoms with Crippen molar-refractivity contribution in [3.8, 4) is 5.69 Å². The molecule has 4 aromatic rings. The fourth-order valence-electron chi connectivity index (χ4n) is 6.13. The summed E-state index contributed by atoms with van der Waals surface area (Å²) >= 11 is 19.1. The lowest BCUT2D eigenvalue weighted by atomic mass is 10.0. The molecule has 0 atom stereocenters. The van der Waals surface area contributed by atoms with Gasteiger partial charge in [0.15, 0.2) is 11.5 Å². The van der Waals surface area contributed by atoms with Crippen LogP contribution >= 0.6 is 34.8 Å². The number of unbranched alkanes of at least 4 members (excludes halogenated alkanes) is 13. The Morgan fingerprint density at radius 2 is 1.42 bits per heavy atom. The normalized spacial score (nSPS) is 11.4. The van der Waals surface area contributed by atoms with E-state index in [1.165, 1.54) is 88.5 Å². The van der Waals surface area contributed by atoms with E-state index in [2.05, 4.69) is 22.1 Å². The number of halogens is 3. The highest BCUT2D eigenvalue weighted by atomic mass is 35.5. The minimum atomic E-state index is -4.46. The van der Waals surface area contributed by atoms with Crippen LogP contribution in [0, 0.1) is 17.0 Å². The van der Waals surface area contributed by atoms with Crippen molar-refractivity contribution in [2.75, 3.05) is 16.6 Å². The average molecular weight is 837 g/mol. The summed E-state index contributed by atoms with van der Waals surface area (Å²) < 4.78 is 35.8. The lowest BCUT2D eigenvalue weighted by molar-refractivity contribution is -0.384. The van der Waals surface area contributed by atoms with E-state index >= 15 is 0 Å². The van der Waals surface area contributed by atoms with E-state index in [0.717, 1.165) is 54.6 Å². The number of nitrogens with one attached hydrogen (secondary N) is 3. The zero-order valence-electron chi connectivity index (χ0n) is 31.1. The number of hydrogen-bond acceptors (Lipinski definition) is 8. The molecule has 12 nitrogen and oxygen atoms in total. The molecule has 0 aliphatic carbocycles. The Balaban J connectivity index is 1.42. The number of anilines is 3. The molecular formula is C39H48Cl3N5O7S. The van der Waals surface area contributed by atoms with E-state index in [9.17, 15) is 28.1 Å². The van der Waals surface area contributed by atoms with Gasteiger partial charge < -0.3 is 10.1 Å². The minimum absolute atomic E-state index is 0.103. The third kappa shape index (κ3) is 12.7. The summed E-state index contributed by atoms with van der Waals surface area (Å²) in [4.78, 5) is 37.0. The number of nitro groups is 1. The van der Waals surface area contributed by atoms with E-state index < -0.39 is 32.2 Å². The third-order valence-electron chi connectivity index (χ3n) is 9.12. The molecule has 3 aromatic carbocycles. The van der Waals surface area contributed by atoms with Gasteiger partial charge in [-0.3, -0.25) is 24.7 Å². The SMILES string of the molecule is CCCCCCCCCCCCCCCCOC(=O)c1ccc(Cl)c(Nc2[nH]n(-c3c(C)cc(Cl)cc3Cl)c(=O)c2NS(=O)(=O)c2ccc([N+](=O)[O-])cc2)c1. The highest BCUT2D eigenvalue weighted by Crippen LogP contribution is 2.33. The molecule has 0 fully saturated rings. The molecule has 1 heterocycles. The lowest BCUT2D eigenvalue weighted by Gasteiger charge is -2.12. The van der Waals surface area contributed by atoms with Crippen LogP contribution in [0.5, 0.6) is 0 Å². The number of benzene rings is 3. The van der Waals surface area contributed by atoms with Gasteiger partial charge in [-0.05, 0) is 61.4 Å². The van der Waals surface area contributed by atoms with Gasteiger partial charge >= 0.3 is 5.97 Å². The largest absolute Gasteiger partial charge is 0.462 e. The number of carbonyl (C=O) groups is 1. The van der Waals surface area contributed by atoms with Crippen molar-refractivity contribution in [2.45, 2.75) is 109 Å². The molecule has 0 saturated heterocycles. The van der Waals surface area contributed by atoms with Gasteiger partial charge in [0, 0.05) is 17.2 Å². The number of carbonyl (C=O) groups excluding carboxylic acids is 1. The van der Waals surface area contributed by atoms with Crippen molar-refractivity contribution in [1.29, 1.82) is 0 Å². The molecule has 0 unspecified atom stereocenters. The Morgan fingerprint density at radius 3 is 1.98 bits per heavy atom. The van der Waals surface area contributed by atoms with Crippen LogP contribution in [-0.2, 0) is 14.8 Å². The van der Waals surface area contributed by atoms with Gasteiger partial charge in [-0.25, -0.2) is 17.9 Å². The van der Waals surface area contributed by atoms with Gasteiger partial charge in [0.1, 0.15) is 0 Å². The maximum Gasteiger partial charge on any atom is 0.338 e. The maximum absolute atomic E-state index is 13.9. The number of esters is 1. The number of aromatic nitrogens is 2. The van der Waals surface area contributed by atoms with Gasteiger partial charge in [-0.2, -0.15) is 0 Å². The predicted octanol–water partition coefficient (Wildman–Crippen LogP) is 11.5. The number of sulfonamides is 1. The van der Waals surface area contributed by atoms with Crippen LogP contribution in [0.25, 0.3) is 5.69 Å². The van der Waals surface area contributed by atoms with Gasteiger partial charge in [0.2, 0.25) is 0 Å². The van der Waals surface area contributed by atoms with Crippen LogP contribution in [0.2, 0.25) is 15.1 Å². The molecular weight excluding hydrogens is 789 g/mol. The Labute approximate surface area is 337 Å². The first-order chi connectivity index (χ1) is 26.3. The Hall–Kier alpha value is -4.04. The number of aromatic amines is 1. The fraction of sp³-hybridized carbons (Fsp3) is 0.436. The lowest BCUT2D eigenvalue weighted by Crippen LogP contribution is -2.22. The number of aryl methyl sites for hydroxylation is 1. The van der Waals surface area contributed by atoms with Crippen molar-refractivity contribution in [2.24, 2.45) is 0 Å². The van der Waals surface area contributed by atoms with Gasteiger partial charge in [-0.1, -0.05) is 125 Å². The first kappa shape index (κ1) is 43.7. The molecule has 55 heavy (non-hydrogen) atoms. The van der Waals surface area contributed by atoms with Crippen LogP contribution in [0.15, 0.2) is 64.3 Å². The average Bonchev–Trinajstić information content (AvgIpc) is 3.42. The first-order valence-electron chi connectivity index (χ1n) is 18.6. The topological polar surface area (TPSA) is 165 Å². The Bertz CT molecular complexity index is 2060. The number of ether oxygens (including phenoxy) is 1. The third-order valence-corrected chi connectivity index (χ3v) is 11.3. The molecule has 0 amide bonds. The summed E-state index contributed by atoms with van der Waals surface area (Å²) in [5, 5.41) is 17.5. The van der Waals surface area contributed by atoms with E-state index in [0.29, 0.717) is 10.6 Å². The fourth-order valence-corrected chi connectivity index (χ4v) is 8.04. The van der Waals surface area contributed by atoms with Crippen molar-refractivity contribution in [3.63, 3.8) is 0 Å². The van der Waals surface area contributed by atoms with Gasteiger partial charge in [0.05, 0.1) is 43.4 Å². The van der Waals surface area contributed by atoms with Gasteiger partial charge in [-0.15, -0.1) is 0 Å². The van der Waals surface area contributed by atoms with E-state index in [1.807, 2.05) is 0 Å². The zero-order chi connectivity index (χ0) is 40.0. The van der Waals surface area contributed by atoms with Crippen LogP contribution in [0.3, 0.4) is 0 Å². The standard InChI is InChI=1S/C39H48Cl3N5O7S/c1-3-4-5-6-7-8-9-10-11-12-13-14-15-16-23-54-39(49)28-17-22-32(41)34(25-28)43-37-35(45-55(52,53)31-20-18-30(19-21-31)47(50)51)38(48)46(44-37)36-27(2)24-29(40)26-33(36)42/h17-22,24-26,43-45H,3-16,23H2,1-2H3. The second-order valence-corrected chi connectivity index (χ2v) is 16.4. The molecule has 0 aliphatic heterocycles. The molecule has 0 aliphatic rings. The molecule has 16 heteroatoms. The molecule has 0 bridgehead atoms. The molecule has 0 saturated carbocycles. The van der Waals surface area contributed by atoms with Crippen LogP contribution < -0.4 is 15.6 Å². The molecule has 0 spiro atoms. The second-order valence-electron chi connectivity index (χ2n) is 13.5. The summed E-state index contributed by atoms with van der Waals surface area (Å²) in [6.07, 6.45) is 17.0. The highest BCUT2D eigenvalue weighted by Gasteiger charge is 2.25. The van der Waals surface area contributed by atoms with Gasteiger partial charge in [0.25, 0.3) is 21.3 Å². The van der Waals surface area contributed by atoms with E-state index in [4.69, 9.17) is 39.5 Å².